The molecule has 9 heteroatoms. The number of aliphatic imine (C=N–C) groups is 1. The van der Waals surface area contributed by atoms with Gasteiger partial charge in [-0.05, 0) is 37.9 Å². The number of likely N-dealkylation sites (N-methyl/N-ethyl adjacent to an activating group) is 1. The number of guanidine groups is 1. The molecule has 0 aliphatic carbocycles. The second-order valence-corrected chi connectivity index (χ2v) is 9.68. The number of rotatable bonds is 10. The summed E-state index contributed by atoms with van der Waals surface area (Å²) in [5.74, 6) is 0.769. The predicted octanol–water partition coefficient (Wildman–Crippen LogP) is 2.99. The number of piperazine rings is 1. The first-order chi connectivity index (χ1) is 14.4. The summed E-state index contributed by atoms with van der Waals surface area (Å²) in [4.78, 5) is 8.98. The van der Waals surface area contributed by atoms with Gasteiger partial charge in [0.05, 0.1) is 4.90 Å². The summed E-state index contributed by atoms with van der Waals surface area (Å²) >= 11 is 0. The Bertz CT molecular complexity index is 808. The zero-order valence-electron chi connectivity index (χ0n) is 19.1. The molecule has 1 N–H and O–H groups in total. The fraction of sp³-hybridized carbons (Fsp3) is 0.591. The molecular formula is C22H38IN5O2S. The fourth-order valence-corrected chi connectivity index (χ4v) is 5.19. The van der Waals surface area contributed by atoms with Gasteiger partial charge in [-0.25, -0.2) is 8.42 Å². The van der Waals surface area contributed by atoms with E-state index in [1.54, 1.807) is 23.5 Å². The largest absolute Gasteiger partial charge is 0.352 e. The first-order valence-electron chi connectivity index (χ1n) is 10.7. The molecular weight excluding hydrogens is 525 g/mol. The van der Waals surface area contributed by atoms with Crippen LogP contribution in [-0.2, 0) is 16.6 Å². The molecule has 1 fully saturated rings. The van der Waals surface area contributed by atoms with Gasteiger partial charge >= 0.3 is 0 Å². The predicted molar refractivity (Wildman–Crippen MR) is 140 cm³/mol. The van der Waals surface area contributed by atoms with Crippen LogP contribution in [-0.4, -0.2) is 82.3 Å². The molecule has 0 amide bonds. The molecule has 31 heavy (non-hydrogen) atoms. The highest BCUT2D eigenvalue weighted by Gasteiger charge is 2.29. The van der Waals surface area contributed by atoms with Gasteiger partial charge in [-0.1, -0.05) is 30.7 Å². The molecule has 1 aromatic rings. The highest BCUT2D eigenvalue weighted by atomic mass is 127. The minimum Gasteiger partial charge on any atom is -0.352 e. The van der Waals surface area contributed by atoms with Gasteiger partial charge in [0.25, 0.3) is 0 Å². The van der Waals surface area contributed by atoms with Crippen molar-refractivity contribution in [1.29, 1.82) is 0 Å². The van der Waals surface area contributed by atoms with Crippen molar-refractivity contribution in [2.75, 3.05) is 53.9 Å². The molecule has 7 nitrogen and oxygen atoms in total. The van der Waals surface area contributed by atoms with Gasteiger partial charge in [-0.15, -0.1) is 30.6 Å². The number of allylic oxidation sites excluding steroid dienone is 1. The van der Waals surface area contributed by atoms with Gasteiger partial charge < -0.3 is 15.1 Å². The van der Waals surface area contributed by atoms with Crippen LogP contribution in [0.2, 0.25) is 0 Å². The summed E-state index contributed by atoms with van der Waals surface area (Å²) in [6, 6.07) is 7.25. The van der Waals surface area contributed by atoms with Crippen molar-refractivity contribution in [2.24, 2.45) is 4.99 Å². The fourth-order valence-electron chi connectivity index (χ4n) is 3.55. The Morgan fingerprint density at radius 1 is 1.19 bits per heavy atom. The van der Waals surface area contributed by atoms with Crippen LogP contribution in [0.3, 0.4) is 0 Å². The maximum Gasteiger partial charge on any atom is 0.243 e. The molecule has 2 rings (SSSR count). The Morgan fingerprint density at radius 2 is 1.87 bits per heavy atom. The lowest BCUT2D eigenvalue weighted by atomic mass is 10.2. The molecule has 1 saturated heterocycles. The van der Waals surface area contributed by atoms with Crippen LogP contribution < -0.4 is 5.32 Å². The van der Waals surface area contributed by atoms with Crippen molar-refractivity contribution >= 4 is 40.0 Å². The van der Waals surface area contributed by atoms with E-state index in [1.165, 1.54) is 0 Å². The van der Waals surface area contributed by atoms with E-state index >= 15 is 0 Å². The van der Waals surface area contributed by atoms with E-state index < -0.39 is 10.0 Å². The van der Waals surface area contributed by atoms with E-state index in [2.05, 4.69) is 26.7 Å². The Balaban J connectivity index is 0.00000480. The van der Waals surface area contributed by atoms with Gasteiger partial charge in [0.1, 0.15) is 0 Å². The Morgan fingerprint density at radius 3 is 2.52 bits per heavy atom. The Labute approximate surface area is 205 Å². The maximum absolute atomic E-state index is 13.2. The Hall–Kier alpha value is -1.17. The SMILES string of the molecule is C=CCCCCCN(C)C(=NC)NCc1ccccc1S(=O)(=O)N1CCN(C)CC1.I. The lowest BCUT2D eigenvalue weighted by Gasteiger charge is -2.32. The van der Waals surface area contributed by atoms with E-state index in [9.17, 15) is 8.42 Å². The third kappa shape index (κ3) is 8.36. The van der Waals surface area contributed by atoms with Crippen molar-refractivity contribution in [3.63, 3.8) is 0 Å². The monoisotopic (exact) mass is 563 g/mol. The standard InChI is InChI=1S/C22H37N5O2S.HI/c1-5-6-7-8-11-14-26(4)22(23-2)24-19-20-12-9-10-13-21(20)30(28,29)27-17-15-25(3)16-18-27;/h5,9-10,12-13H,1,6-8,11,14-19H2,2-4H3,(H,23,24);1H. The highest BCUT2D eigenvalue weighted by molar-refractivity contribution is 14.0. The third-order valence-corrected chi connectivity index (χ3v) is 7.46. The number of hydrogen-bond donors (Lipinski definition) is 1. The molecule has 0 bridgehead atoms. The number of benzene rings is 1. The molecule has 0 atom stereocenters. The normalized spacial score (nSPS) is 15.9. The lowest BCUT2D eigenvalue weighted by molar-refractivity contribution is 0.222. The smallest absolute Gasteiger partial charge is 0.243 e. The van der Waals surface area contributed by atoms with Crippen molar-refractivity contribution in [3.05, 3.63) is 42.5 Å². The summed E-state index contributed by atoms with van der Waals surface area (Å²) in [5.41, 5.74) is 0.761. The average Bonchev–Trinajstić information content (AvgIpc) is 2.74. The van der Waals surface area contributed by atoms with Crippen molar-refractivity contribution in [2.45, 2.75) is 37.1 Å². The van der Waals surface area contributed by atoms with Crippen molar-refractivity contribution < 1.29 is 8.42 Å². The van der Waals surface area contributed by atoms with Crippen molar-refractivity contribution in [3.8, 4) is 0 Å². The van der Waals surface area contributed by atoms with Gasteiger partial charge in [0.15, 0.2) is 5.96 Å². The molecule has 0 saturated carbocycles. The molecule has 1 aliphatic heterocycles. The molecule has 0 unspecified atom stereocenters. The number of nitrogens with one attached hydrogen (secondary N) is 1. The molecule has 1 heterocycles. The van der Waals surface area contributed by atoms with E-state index in [0.717, 1.165) is 56.8 Å². The van der Waals surface area contributed by atoms with Crippen LogP contribution in [0.4, 0.5) is 0 Å². The topological polar surface area (TPSA) is 68.2 Å². The van der Waals surface area contributed by atoms with Crippen LogP contribution in [0.1, 0.15) is 31.2 Å². The Kier molecular flexibility index (Phi) is 12.7. The van der Waals surface area contributed by atoms with Crippen LogP contribution in [0.5, 0.6) is 0 Å². The number of hydrogen-bond acceptors (Lipinski definition) is 4. The van der Waals surface area contributed by atoms with Crippen LogP contribution in [0.25, 0.3) is 0 Å². The molecule has 0 radical (unpaired) electrons. The minimum atomic E-state index is -3.51. The first-order valence-corrected chi connectivity index (χ1v) is 12.1. The number of sulfonamides is 1. The summed E-state index contributed by atoms with van der Waals surface area (Å²) in [5, 5.41) is 3.33. The first kappa shape index (κ1) is 27.9. The van der Waals surface area contributed by atoms with E-state index in [0.29, 0.717) is 24.5 Å². The second-order valence-electron chi connectivity index (χ2n) is 7.78. The summed E-state index contributed by atoms with van der Waals surface area (Å²) in [6.45, 7) is 7.63. The lowest BCUT2D eigenvalue weighted by Crippen LogP contribution is -2.47. The molecule has 0 spiro atoms. The summed E-state index contributed by atoms with van der Waals surface area (Å²) < 4.78 is 28.0. The zero-order chi connectivity index (χ0) is 22.0. The summed E-state index contributed by atoms with van der Waals surface area (Å²) in [7, 11) is 2.27. The summed E-state index contributed by atoms with van der Waals surface area (Å²) in [6.07, 6.45) is 6.40. The number of halogens is 1. The highest BCUT2D eigenvalue weighted by Crippen LogP contribution is 2.21. The van der Waals surface area contributed by atoms with Gasteiger partial charge in [-0.2, -0.15) is 4.31 Å². The molecule has 1 aliphatic rings. The third-order valence-electron chi connectivity index (χ3n) is 5.46. The molecule has 176 valence electrons. The maximum atomic E-state index is 13.2. The number of unbranched alkanes of at least 4 members (excludes halogenated alkanes) is 3. The van der Waals surface area contributed by atoms with Crippen LogP contribution in [0.15, 0.2) is 46.8 Å². The van der Waals surface area contributed by atoms with Gasteiger partial charge in [0.2, 0.25) is 10.0 Å². The van der Waals surface area contributed by atoms with E-state index in [-0.39, 0.29) is 24.0 Å². The minimum absolute atomic E-state index is 0. The second kappa shape index (κ2) is 14.1. The molecule has 1 aromatic carbocycles. The van der Waals surface area contributed by atoms with Crippen molar-refractivity contribution in [1.82, 2.24) is 19.4 Å². The van der Waals surface area contributed by atoms with Gasteiger partial charge in [0, 0.05) is 53.4 Å². The van der Waals surface area contributed by atoms with Crippen LogP contribution in [0, 0.1) is 0 Å². The van der Waals surface area contributed by atoms with Crippen LogP contribution >= 0.6 is 24.0 Å². The van der Waals surface area contributed by atoms with Gasteiger partial charge in [-0.3, -0.25) is 4.99 Å². The average molecular weight is 564 g/mol. The zero-order valence-corrected chi connectivity index (χ0v) is 22.2. The number of nitrogens with zero attached hydrogens (tertiary/aromatic N) is 4. The van der Waals surface area contributed by atoms with E-state index in [1.807, 2.05) is 32.3 Å². The van der Waals surface area contributed by atoms with E-state index in [4.69, 9.17) is 0 Å². The molecule has 0 aromatic heterocycles. The quantitative estimate of drug-likeness (QED) is 0.156.